The molecule has 1 rings (SSSR count). The third kappa shape index (κ3) is 3.70. The van der Waals surface area contributed by atoms with Crippen molar-refractivity contribution < 1.29 is 14.3 Å². The zero-order valence-electron chi connectivity index (χ0n) is 10.6. The molecule has 0 bridgehead atoms. The summed E-state index contributed by atoms with van der Waals surface area (Å²) in [6, 6.07) is 1.85. The van der Waals surface area contributed by atoms with E-state index >= 15 is 0 Å². The molecule has 1 unspecified atom stereocenters. The van der Waals surface area contributed by atoms with Crippen molar-refractivity contribution in [2.45, 2.75) is 32.8 Å². The van der Waals surface area contributed by atoms with E-state index < -0.39 is 11.9 Å². The van der Waals surface area contributed by atoms with Crippen LogP contribution >= 0.6 is 0 Å². The Bertz CT molecular complexity index is 454. The average Bonchev–Trinajstić information content (AvgIpc) is 2.30. The molecule has 0 N–H and O–H groups in total. The topological polar surface area (TPSA) is 85.1 Å². The summed E-state index contributed by atoms with van der Waals surface area (Å²) in [6.07, 6.45) is 2.74. The minimum atomic E-state index is -1.08. The van der Waals surface area contributed by atoms with Crippen LogP contribution in [0.4, 0.5) is 0 Å². The predicted octanol–water partition coefficient (Wildman–Crippen LogP) is 1.43. The zero-order valence-corrected chi connectivity index (χ0v) is 10.6. The molecule has 0 amide bonds. The van der Waals surface area contributed by atoms with Gasteiger partial charge in [-0.25, -0.2) is 4.98 Å². The van der Waals surface area contributed by atoms with Crippen molar-refractivity contribution in [3.8, 4) is 11.9 Å². The predicted molar refractivity (Wildman–Crippen MR) is 62.8 cm³/mol. The lowest BCUT2D eigenvalue weighted by Gasteiger charge is -2.11. The van der Waals surface area contributed by atoms with Crippen LogP contribution < -0.4 is 4.74 Å². The molecule has 0 aromatic carbocycles. The minimum Gasteiger partial charge on any atom is -0.474 e. The summed E-state index contributed by atoms with van der Waals surface area (Å²) in [7, 11) is 0. The van der Waals surface area contributed by atoms with Crippen molar-refractivity contribution >= 4 is 5.97 Å². The van der Waals surface area contributed by atoms with Gasteiger partial charge < -0.3 is 9.47 Å². The summed E-state index contributed by atoms with van der Waals surface area (Å²) in [5, 5.41) is 8.99. The van der Waals surface area contributed by atoms with E-state index in [9.17, 15) is 4.79 Å². The Morgan fingerprint density at radius 2 is 2.22 bits per heavy atom. The van der Waals surface area contributed by atoms with Crippen LogP contribution in [0.2, 0.25) is 0 Å². The van der Waals surface area contributed by atoms with E-state index in [1.165, 1.54) is 12.4 Å². The van der Waals surface area contributed by atoms with Crippen molar-refractivity contribution in [1.29, 1.82) is 5.26 Å². The van der Waals surface area contributed by atoms with Crippen LogP contribution in [0.1, 0.15) is 32.4 Å². The van der Waals surface area contributed by atoms with E-state index in [0.29, 0.717) is 0 Å². The number of ether oxygens (including phenoxy) is 2. The first kappa shape index (κ1) is 13.9. The van der Waals surface area contributed by atoms with Crippen LogP contribution in [-0.4, -0.2) is 28.6 Å². The van der Waals surface area contributed by atoms with Gasteiger partial charge in [0, 0.05) is 0 Å². The second-order valence-electron chi connectivity index (χ2n) is 3.76. The highest BCUT2D eigenvalue weighted by molar-refractivity contribution is 5.80. The number of rotatable bonds is 5. The van der Waals surface area contributed by atoms with Crippen LogP contribution in [0.5, 0.6) is 5.88 Å². The van der Waals surface area contributed by atoms with Crippen molar-refractivity contribution in [3.63, 3.8) is 0 Å². The molecule has 0 spiro atoms. The molecule has 18 heavy (non-hydrogen) atoms. The number of hydrogen-bond acceptors (Lipinski definition) is 6. The smallest absolute Gasteiger partial charge is 0.329 e. The lowest BCUT2D eigenvalue weighted by Crippen LogP contribution is -2.17. The highest BCUT2D eigenvalue weighted by Crippen LogP contribution is 2.17. The standard InChI is InChI=1S/C12H15N3O3/c1-4-17-12(16)9(5-13)10-6-14-7-11(15-10)18-8(2)3/h6-9H,4H2,1-3H3. The minimum absolute atomic E-state index is 0.0577. The molecule has 0 aliphatic heterocycles. The first-order chi connectivity index (χ1) is 8.58. The maximum Gasteiger partial charge on any atom is 0.329 e. The van der Waals surface area contributed by atoms with Crippen molar-refractivity contribution in [1.82, 2.24) is 9.97 Å². The van der Waals surface area contributed by atoms with Crippen LogP contribution in [0.25, 0.3) is 0 Å². The summed E-state index contributed by atoms with van der Waals surface area (Å²) < 4.78 is 10.2. The highest BCUT2D eigenvalue weighted by atomic mass is 16.5. The van der Waals surface area contributed by atoms with Crippen molar-refractivity contribution in [2.75, 3.05) is 6.61 Å². The number of hydrogen-bond donors (Lipinski definition) is 0. The van der Waals surface area contributed by atoms with E-state index in [-0.39, 0.29) is 24.3 Å². The van der Waals surface area contributed by atoms with E-state index in [4.69, 9.17) is 14.7 Å². The molecule has 0 aliphatic rings. The summed E-state index contributed by atoms with van der Waals surface area (Å²) in [4.78, 5) is 19.5. The maximum atomic E-state index is 11.6. The molecular formula is C12H15N3O3. The Kier molecular flexibility index (Phi) is 5.06. The monoisotopic (exact) mass is 249 g/mol. The fraction of sp³-hybridized carbons (Fsp3) is 0.500. The lowest BCUT2D eigenvalue weighted by atomic mass is 10.1. The van der Waals surface area contributed by atoms with Gasteiger partial charge in [0.15, 0.2) is 5.92 Å². The van der Waals surface area contributed by atoms with Crippen LogP contribution in [0.15, 0.2) is 12.4 Å². The molecular weight excluding hydrogens is 234 g/mol. The highest BCUT2D eigenvalue weighted by Gasteiger charge is 2.24. The van der Waals surface area contributed by atoms with Crippen LogP contribution in [0.3, 0.4) is 0 Å². The SMILES string of the molecule is CCOC(=O)C(C#N)c1cncc(OC(C)C)n1. The van der Waals surface area contributed by atoms with Crippen molar-refractivity contribution in [3.05, 3.63) is 18.1 Å². The number of nitriles is 1. The van der Waals surface area contributed by atoms with Gasteiger partial charge in [0.25, 0.3) is 0 Å². The number of carbonyl (C=O) groups is 1. The fourth-order valence-corrected chi connectivity index (χ4v) is 1.26. The van der Waals surface area contributed by atoms with Gasteiger partial charge >= 0.3 is 5.97 Å². The Hall–Kier alpha value is -2.16. The normalized spacial score (nSPS) is 11.7. The number of carbonyl (C=O) groups excluding carboxylic acids is 1. The molecule has 0 radical (unpaired) electrons. The summed E-state index contributed by atoms with van der Waals surface area (Å²) in [5.41, 5.74) is 0.231. The van der Waals surface area contributed by atoms with Crippen LogP contribution in [-0.2, 0) is 9.53 Å². The third-order valence-corrected chi connectivity index (χ3v) is 1.93. The van der Waals surface area contributed by atoms with Gasteiger partial charge in [0.1, 0.15) is 0 Å². The van der Waals surface area contributed by atoms with E-state index in [1.807, 2.05) is 19.9 Å². The first-order valence-corrected chi connectivity index (χ1v) is 5.63. The molecule has 6 heteroatoms. The lowest BCUT2D eigenvalue weighted by molar-refractivity contribution is -0.143. The van der Waals surface area contributed by atoms with Crippen molar-refractivity contribution in [2.24, 2.45) is 0 Å². The summed E-state index contributed by atoms with van der Waals surface area (Å²) >= 11 is 0. The van der Waals surface area contributed by atoms with E-state index in [1.54, 1.807) is 6.92 Å². The van der Waals surface area contributed by atoms with Gasteiger partial charge in [0.2, 0.25) is 5.88 Å². The molecule has 0 fully saturated rings. The third-order valence-electron chi connectivity index (χ3n) is 1.93. The molecule has 0 aliphatic carbocycles. The van der Waals surface area contributed by atoms with Gasteiger partial charge in [-0.05, 0) is 20.8 Å². The molecule has 1 heterocycles. The molecule has 1 aromatic rings. The Balaban J connectivity index is 2.93. The van der Waals surface area contributed by atoms with Crippen LogP contribution in [0, 0.1) is 11.3 Å². The van der Waals surface area contributed by atoms with Gasteiger partial charge in [-0.3, -0.25) is 9.78 Å². The summed E-state index contributed by atoms with van der Waals surface area (Å²) in [5.74, 6) is -1.42. The molecule has 96 valence electrons. The summed E-state index contributed by atoms with van der Waals surface area (Å²) in [6.45, 7) is 5.59. The Morgan fingerprint density at radius 1 is 1.50 bits per heavy atom. The van der Waals surface area contributed by atoms with Gasteiger partial charge in [0.05, 0.1) is 36.9 Å². The number of nitrogens with zero attached hydrogens (tertiary/aromatic N) is 3. The quantitative estimate of drug-likeness (QED) is 0.734. The second kappa shape index (κ2) is 6.55. The maximum absolute atomic E-state index is 11.6. The second-order valence-corrected chi connectivity index (χ2v) is 3.76. The van der Waals surface area contributed by atoms with Gasteiger partial charge in [-0.2, -0.15) is 5.26 Å². The number of esters is 1. The Labute approximate surface area is 106 Å². The molecule has 0 saturated carbocycles. The van der Waals surface area contributed by atoms with E-state index in [0.717, 1.165) is 0 Å². The molecule has 1 atom stereocenters. The first-order valence-electron chi connectivity index (χ1n) is 5.63. The molecule has 1 aromatic heterocycles. The largest absolute Gasteiger partial charge is 0.474 e. The average molecular weight is 249 g/mol. The zero-order chi connectivity index (χ0) is 13.5. The van der Waals surface area contributed by atoms with E-state index in [2.05, 4.69) is 9.97 Å². The molecule has 0 saturated heterocycles. The van der Waals surface area contributed by atoms with Gasteiger partial charge in [-0.15, -0.1) is 0 Å². The van der Waals surface area contributed by atoms with Gasteiger partial charge in [-0.1, -0.05) is 0 Å². The molecule has 6 nitrogen and oxygen atoms in total. The Morgan fingerprint density at radius 3 is 2.78 bits per heavy atom. The fourth-order valence-electron chi connectivity index (χ4n) is 1.26. The number of aromatic nitrogens is 2.